The molecule has 0 unspecified atom stereocenters. The van der Waals surface area contributed by atoms with Crippen LogP contribution in [0.4, 0.5) is 10.2 Å². The van der Waals surface area contributed by atoms with Crippen LogP contribution in [0.15, 0.2) is 59.4 Å². The van der Waals surface area contributed by atoms with Gasteiger partial charge in [-0.25, -0.2) is 9.49 Å². The summed E-state index contributed by atoms with van der Waals surface area (Å²) in [5.74, 6) is -0.379. The van der Waals surface area contributed by atoms with Crippen molar-refractivity contribution < 1.29 is 9.18 Å². The van der Waals surface area contributed by atoms with Gasteiger partial charge in [0.1, 0.15) is 11.6 Å². The van der Waals surface area contributed by atoms with Crippen molar-refractivity contribution in [2.24, 2.45) is 0 Å². The third-order valence-electron chi connectivity index (χ3n) is 5.87. The van der Waals surface area contributed by atoms with Crippen molar-refractivity contribution in [2.45, 2.75) is 18.9 Å². The lowest BCUT2D eigenvalue weighted by molar-refractivity contribution is 0.0787. The van der Waals surface area contributed by atoms with Crippen LogP contribution in [0.5, 0.6) is 0 Å². The Morgan fingerprint density at radius 1 is 1.15 bits per heavy atom. The average molecular weight is 479 g/mol. The molecule has 1 saturated heterocycles. The van der Waals surface area contributed by atoms with E-state index >= 15 is 0 Å². The quantitative estimate of drug-likeness (QED) is 0.455. The lowest BCUT2D eigenvalue weighted by Crippen LogP contribution is -2.32. The molecule has 2 N–H and O–H groups in total. The minimum atomic E-state index is -0.576. The Balaban J connectivity index is 1.33. The van der Waals surface area contributed by atoms with E-state index in [1.165, 1.54) is 6.07 Å². The molecule has 4 aromatic rings. The maximum atomic E-state index is 14.6. The number of benzene rings is 2. The Morgan fingerprint density at radius 2 is 1.97 bits per heavy atom. The van der Waals surface area contributed by atoms with E-state index in [-0.39, 0.29) is 23.1 Å². The first-order chi connectivity index (χ1) is 16.5. The first-order valence-electron chi connectivity index (χ1n) is 10.8. The van der Waals surface area contributed by atoms with E-state index < -0.39 is 5.82 Å². The highest BCUT2D eigenvalue weighted by Gasteiger charge is 2.29. The fourth-order valence-electron chi connectivity index (χ4n) is 4.18. The van der Waals surface area contributed by atoms with Crippen LogP contribution in [0.25, 0.3) is 10.8 Å². The van der Waals surface area contributed by atoms with Crippen LogP contribution < -0.4 is 10.9 Å². The number of aromatic amines is 1. The van der Waals surface area contributed by atoms with Gasteiger partial charge in [-0.1, -0.05) is 35.9 Å². The van der Waals surface area contributed by atoms with Crippen molar-refractivity contribution in [3.8, 4) is 0 Å². The molecular formula is C24H20ClFN6O2. The summed E-state index contributed by atoms with van der Waals surface area (Å²) >= 11 is 5.77. The van der Waals surface area contributed by atoms with Crippen molar-refractivity contribution in [1.82, 2.24) is 25.3 Å². The fraction of sp³-hybridized carbons (Fsp3) is 0.208. The second-order valence-corrected chi connectivity index (χ2v) is 8.55. The number of nitrogens with one attached hydrogen (secondary N) is 2. The minimum absolute atomic E-state index is 0.0122. The Morgan fingerprint density at radius 3 is 2.76 bits per heavy atom. The molecule has 0 aliphatic carbocycles. The van der Waals surface area contributed by atoms with Gasteiger partial charge in [-0.2, -0.15) is 5.10 Å². The zero-order valence-corrected chi connectivity index (χ0v) is 18.7. The van der Waals surface area contributed by atoms with Gasteiger partial charge in [0.05, 0.1) is 16.6 Å². The highest BCUT2D eigenvalue weighted by molar-refractivity contribution is 6.29. The molecule has 2 aromatic heterocycles. The molecule has 1 amide bonds. The SMILES string of the molecule is O=C(c1cc(Cc2n[nH]c(=O)c3ccccc23)ccc1F)N1CC[C@H](Nc2ccc(Cl)nn2)C1. The summed E-state index contributed by atoms with van der Waals surface area (Å²) in [7, 11) is 0. The van der Waals surface area contributed by atoms with Gasteiger partial charge in [0.25, 0.3) is 11.5 Å². The molecule has 0 radical (unpaired) electrons. The Bertz CT molecular complexity index is 1430. The highest BCUT2D eigenvalue weighted by atomic mass is 35.5. The lowest BCUT2D eigenvalue weighted by atomic mass is 10.0. The maximum Gasteiger partial charge on any atom is 0.272 e. The van der Waals surface area contributed by atoms with Crippen molar-refractivity contribution in [1.29, 1.82) is 0 Å². The van der Waals surface area contributed by atoms with Gasteiger partial charge in [0.2, 0.25) is 0 Å². The third kappa shape index (κ3) is 4.47. The molecule has 0 bridgehead atoms. The van der Waals surface area contributed by atoms with Crippen LogP contribution in [-0.4, -0.2) is 50.3 Å². The summed E-state index contributed by atoms with van der Waals surface area (Å²) in [6.07, 6.45) is 1.04. The predicted molar refractivity (Wildman–Crippen MR) is 127 cm³/mol. The zero-order valence-electron chi connectivity index (χ0n) is 18.0. The predicted octanol–water partition coefficient (Wildman–Crippen LogP) is 3.42. The monoisotopic (exact) mass is 478 g/mol. The second kappa shape index (κ2) is 9.18. The highest BCUT2D eigenvalue weighted by Crippen LogP contribution is 2.22. The number of likely N-dealkylation sites (tertiary alicyclic amines) is 1. The zero-order chi connectivity index (χ0) is 23.7. The number of hydrogen-bond donors (Lipinski definition) is 2. The van der Waals surface area contributed by atoms with Gasteiger partial charge < -0.3 is 10.2 Å². The number of rotatable bonds is 5. The van der Waals surface area contributed by atoms with Crippen LogP contribution in [0.2, 0.25) is 5.15 Å². The number of carbonyl (C=O) groups excluding carboxylic acids is 1. The van der Waals surface area contributed by atoms with E-state index in [2.05, 4.69) is 25.7 Å². The van der Waals surface area contributed by atoms with E-state index in [4.69, 9.17) is 11.6 Å². The Labute approximate surface area is 198 Å². The molecule has 1 aliphatic heterocycles. The van der Waals surface area contributed by atoms with Crippen LogP contribution >= 0.6 is 11.6 Å². The Kier molecular flexibility index (Phi) is 5.93. The molecular weight excluding hydrogens is 459 g/mol. The van der Waals surface area contributed by atoms with E-state index in [1.807, 2.05) is 12.1 Å². The lowest BCUT2D eigenvalue weighted by Gasteiger charge is -2.18. The molecule has 0 saturated carbocycles. The number of amides is 1. The number of H-pyrrole nitrogens is 1. The second-order valence-electron chi connectivity index (χ2n) is 8.16. The molecule has 10 heteroatoms. The van der Waals surface area contributed by atoms with Crippen LogP contribution in [0, 0.1) is 5.82 Å². The van der Waals surface area contributed by atoms with E-state index in [0.717, 1.165) is 10.9 Å². The van der Waals surface area contributed by atoms with Gasteiger partial charge in [0, 0.05) is 30.9 Å². The smallest absolute Gasteiger partial charge is 0.272 e. The standard InChI is InChI=1S/C24H20ClFN6O2/c25-21-7-8-22(30-29-21)27-15-9-10-32(13-15)24(34)18-11-14(5-6-19(18)26)12-20-16-3-1-2-4-17(16)23(33)31-28-20/h1-8,11,15H,9-10,12-13H2,(H,27,30)(H,31,33)/t15-/m0/s1. The normalized spacial score (nSPS) is 15.6. The molecule has 34 heavy (non-hydrogen) atoms. The molecule has 172 valence electrons. The molecule has 3 heterocycles. The van der Waals surface area contributed by atoms with Gasteiger partial charge >= 0.3 is 0 Å². The summed E-state index contributed by atoms with van der Waals surface area (Å²) in [6, 6.07) is 15.0. The van der Waals surface area contributed by atoms with Gasteiger partial charge in [-0.3, -0.25) is 9.59 Å². The van der Waals surface area contributed by atoms with Crippen LogP contribution in [0.1, 0.15) is 28.0 Å². The molecule has 1 atom stereocenters. The van der Waals surface area contributed by atoms with Crippen molar-refractivity contribution >= 4 is 34.1 Å². The van der Waals surface area contributed by atoms with Crippen LogP contribution in [-0.2, 0) is 6.42 Å². The van der Waals surface area contributed by atoms with Gasteiger partial charge in [-0.05, 0) is 42.3 Å². The maximum absolute atomic E-state index is 14.6. The fourth-order valence-corrected chi connectivity index (χ4v) is 4.28. The number of aromatic nitrogens is 4. The van der Waals surface area contributed by atoms with Crippen molar-refractivity contribution in [2.75, 3.05) is 18.4 Å². The van der Waals surface area contributed by atoms with E-state index in [1.54, 1.807) is 41.3 Å². The molecule has 5 rings (SSSR count). The van der Waals surface area contributed by atoms with Crippen molar-refractivity contribution in [3.63, 3.8) is 0 Å². The molecule has 0 spiro atoms. The number of halogens is 2. The number of hydrogen-bond acceptors (Lipinski definition) is 6. The largest absolute Gasteiger partial charge is 0.364 e. The third-order valence-corrected chi connectivity index (χ3v) is 6.07. The minimum Gasteiger partial charge on any atom is -0.364 e. The number of anilines is 1. The first kappa shape index (κ1) is 22.0. The van der Waals surface area contributed by atoms with E-state index in [9.17, 15) is 14.0 Å². The number of fused-ring (bicyclic) bond motifs is 1. The average Bonchev–Trinajstić information content (AvgIpc) is 3.32. The summed E-state index contributed by atoms with van der Waals surface area (Å²) in [4.78, 5) is 26.8. The molecule has 8 nitrogen and oxygen atoms in total. The molecule has 1 fully saturated rings. The molecule has 1 aliphatic rings. The number of nitrogens with zero attached hydrogens (tertiary/aromatic N) is 4. The van der Waals surface area contributed by atoms with Crippen LogP contribution in [0.3, 0.4) is 0 Å². The van der Waals surface area contributed by atoms with Gasteiger partial charge in [0.15, 0.2) is 5.15 Å². The topological polar surface area (TPSA) is 104 Å². The number of carbonyl (C=O) groups is 1. The summed E-state index contributed by atoms with van der Waals surface area (Å²) in [5, 5.41) is 19.2. The Hall–Kier alpha value is -3.85. The molecule has 2 aromatic carbocycles. The first-order valence-corrected chi connectivity index (χ1v) is 11.2. The summed E-state index contributed by atoms with van der Waals surface area (Å²) in [6.45, 7) is 0.909. The summed E-state index contributed by atoms with van der Waals surface area (Å²) in [5.41, 5.74) is 1.11. The van der Waals surface area contributed by atoms with Crippen molar-refractivity contribution in [3.05, 3.63) is 92.7 Å². The van der Waals surface area contributed by atoms with E-state index in [0.29, 0.717) is 48.0 Å². The van der Waals surface area contributed by atoms with Gasteiger partial charge in [-0.15, -0.1) is 10.2 Å². The summed E-state index contributed by atoms with van der Waals surface area (Å²) < 4.78 is 14.6.